The van der Waals surface area contributed by atoms with Crippen LogP contribution in [-0.2, 0) is 11.3 Å². The second-order valence-corrected chi connectivity index (χ2v) is 5.05. The van der Waals surface area contributed by atoms with Crippen molar-refractivity contribution in [1.82, 2.24) is 5.32 Å². The molecule has 0 aliphatic carbocycles. The van der Waals surface area contributed by atoms with Crippen LogP contribution in [0.1, 0.15) is 32.3 Å². The molecular formula is C14H19ClFNO2. The fourth-order valence-electron chi connectivity index (χ4n) is 1.97. The summed E-state index contributed by atoms with van der Waals surface area (Å²) in [4.78, 5) is 11.3. The van der Waals surface area contributed by atoms with Gasteiger partial charge in [-0.25, -0.2) is 4.39 Å². The topological polar surface area (TPSA) is 49.3 Å². The van der Waals surface area contributed by atoms with Gasteiger partial charge in [-0.1, -0.05) is 31.5 Å². The summed E-state index contributed by atoms with van der Waals surface area (Å²) in [6.45, 7) is 4.58. The van der Waals surface area contributed by atoms with Gasteiger partial charge in [0.25, 0.3) is 0 Å². The van der Waals surface area contributed by atoms with Crippen LogP contribution >= 0.6 is 11.6 Å². The SMILES string of the molecule is CCC(CC)(CNCc1ccc(F)c(Cl)c1)C(=O)O. The largest absolute Gasteiger partial charge is 0.481 e. The number of halogens is 2. The number of aliphatic carboxylic acids is 1. The quantitative estimate of drug-likeness (QED) is 0.807. The predicted octanol–water partition coefficient (Wildman–Crippen LogP) is 3.46. The van der Waals surface area contributed by atoms with Crippen LogP contribution in [0.2, 0.25) is 5.02 Å². The Kier molecular flexibility index (Phi) is 5.76. The smallest absolute Gasteiger partial charge is 0.310 e. The van der Waals surface area contributed by atoms with E-state index in [1.165, 1.54) is 6.07 Å². The van der Waals surface area contributed by atoms with E-state index in [1.807, 2.05) is 13.8 Å². The summed E-state index contributed by atoms with van der Waals surface area (Å²) in [6.07, 6.45) is 1.13. The molecule has 1 aromatic carbocycles. The molecule has 0 heterocycles. The minimum absolute atomic E-state index is 0.0785. The van der Waals surface area contributed by atoms with E-state index in [0.29, 0.717) is 25.9 Å². The zero-order valence-corrected chi connectivity index (χ0v) is 11.9. The van der Waals surface area contributed by atoms with Gasteiger partial charge < -0.3 is 10.4 Å². The Morgan fingerprint density at radius 3 is 2.53 bits per heavy atom. The molecule has 0 atom stereocenters. The highest BCUT2D eigenvalue weighted by Gasteiger charge is 2.34. The number of carboxylic acids is 1. The van der Waals surface area contributed by atoms with Crippen LogP contribution in [0.15, 0.2) is 18.2 Å². The van der Waals surface area contributed by atoms with Gasteiger partial charge in [0.1, 0.15) is 5.82 Å². The normalized spacial score (nSPS) is 11.6. The zero-order chi connectivity index (χ0) is 14.5. The van der Waals surface area contributed by atoms with Crippen LogP contribution in [0, 0.1) is 11.2 Å². The average molecular weight is 288 g/mol. The Bertz CT molecular complexity index is 447. The van der Waals surface area contributed by atoms with Crippen LogP contribution < -0.4 is 5.32 Å². The maximum Gasteiger partial charge on any atom is 0.310 e. The van der Waals surface area contributed by atoms with Gasteiger partial charge in [0.05, 0.1) is 10.4 Å². The first-order chi connectivity index (χ1) is 8.95. The van der Waals surface area contributed by atoms with Crippen LogP contribution in [0.25, 0.3) is 0 Å². The van der Waals surface area contributed by atoms with Crippen LogP contribution in [-0.4, -0.2) is 17.6 Å². The molecule has 0 saturated heterocycles. The molecule has 0 radical (unpaired) electrons. The molecule has 0 saturated carbocycles. The van der Waals surface area contributed by atoms with Gasteiger partial charge in [0.15, 0.2) is 0 Å². The second-order valence-electron chi connectivity index (χ2n) is 4.64. The number of benzene rings is 1. The third kappa shape index (κ3) is 3.91. The van der Waals surface area contributed by atoms with Crippen molar-refractivity contribution in [2.75, 3.05) is 6.54 Å². The van der Waals surface area contributed by atoms with Crippen LogP contribution in [0.5, 0.6) is 0 Å². The van der Waals surface area contributed by atoms with Gasteiger partial charge in [0, 0.05) is 13.1 Å². The zero-order valence-electron chi connectivity index (χ0n) is 11.2. The van der Waals surface area contributed by atoms with Gasteiger partial charge in [-0.2, -0.15) is 0 Å². The molecule has 0 spiro atoms. The molecule has 3 nitrogen and oxygen atoms in total. The van der Waals surface area contributed by atoms with Crippen molar-refractivity contribution in [1.29, 1.82) is 0 Å². The molecule has 0 aliphatic heterocycles. The molecule has 0 amide bonds. The molecule has 0 bridgehead atoms. The van der Waals surface area contributed by atoms with Crippen molar-refractivity contribution in [2.45, 2.75) is 33.2 Å². The molecule has 5 heteroatoms. The maximum absolute atomic E-state index is 13.0. The highest BCUT2D eigenvalue weighted by molar-refractivity contribution is 6.30. The average Bonchev–Trinajstić information content (AvgIpc) is 2.39. The van der Waals surface area contributed by atoms with Crippen molar-refractivity contribution in [3.8, 4) is 0 Å². The fraction of sp³-hybridized carbons (Fsp3) is 0.500. The second kappa shape index (κ2) is 6.87. The van der Waals surface area contributed by atoms with Gasteiger partial charge >= 0.3 is 5.97 Å². The summed E-state index contributed by atoms with van der Waals surface area (Å²) < 4.78 is 13.0. The number of hydrogen-bond acceptors (Lipinski definition) is 2. The van der Waals surface area contributed by atoms with E-state index < -0.39 is 17.2 Å². The molecule has 0 aliphatic rings. The summed E-state index contributed by atoms with van der Waals surface area (Å²) in [5.41, 5.74) is 0.0852. The molecule has 0 fully saturated rings. The van der Waals surface area contributed by atoms with Crippen LogP contribution in [0.4, 0.5) is 4.39 Å². The standard InChI is InChI=1S/C14H19ClFNO2/c1-3-14(4-2,13(18)19)9-17-8-10-5-6-12(16)11(15)7-10/h5-7,17H,3-4,8-9H2,1-2H3,(H,18,19). The van der Waals surface area contributed by atoms with Crippen molar-refractivity contribution >= 4 is 17.6 Å². The molecule has 1 rings (SSSR count). The van der Waals surface area contributed by atoms with Gasteiger partial charge in [-0.05, 0) is 30.5 Å². The van der Waals surface area contributed by atoms with E-state index in [2.05, 4.69) is 5.32 Å². The van der Waals surface area contributed by atoms with Crippen molar-refractivity contribution in [3.05, 3.63) is 34.6 Å². The number of carboxylic acid groups (broad SMARTS) is 1. The summed E-state index contributed by atoms with van der Waals surface area (Å²) >= 11 is 5.69. The van der Waals surface area contributed by atoms with E-state index in [1.54, 1.807) is 12.1 Å². The maximum atomic E-state index is 13.0. The Labute approximate surface area is 117 Å². The number of nitrogens with one attached hydrogen (secondary N) is 1. The number of rotatable bonds is 7. The summed E-state index contributed by atoms with van der Waals surface area (Å²) in [7, 11) is 0. The molecule has 2 N–H and O–H groups in total. The Hall–Kier alpha value is -1.13. The first-order valence-corrected chi connectivity index (χ1v) is 6.71. The molecule has 0 aromatic heterocycles. The lowest BCUT2D eigenvalue weighted by molar-refractivity contribution is -0.149. The van der Waals surface area contributed by atoms with Gasteiger partial charge in [-0.3, -0.25) is 4.79 Å². The summed E-state index contributed by atoms with van der Waals surface area (Å²) in [6, 6.07) is 4.49. The van der Waals surface area contributed by atoms with Crippen LogP contribution in [0.3, 0.4) is 0 Å². The minimum atomic E-state index is -0.790. The third-order valence-electron chi connectivity index (χ3n) is 3.58. The van der Waals surface area contributed by atoms with Gasteiger partial charge in [-0.15, -0.1) is 0 Å². The lowest BCUT2D eigenvalue weighted by atomic mass is 9.82. The first-order valence-electron chi connectivity index (χ1n) is 6.33. The Morgan fingerprint density at radius 2 is 2.05 bits per heavy atom. The highest BCUT2D eigenvalue weighted by atomic mass is 35.5. The lowest BCUT2D eigenvalue weighted by Crippen LogP contribution is -2.40. The fourth-order valence-corrected chi connectivity index (χ4v) is 2.18. The Balaban J connectivity index is 2.61. The number of hydrogen-bond donors (Lipinski definition) is 2. The molecule has 106 valence electrons. The molecular weight excluding hydrogens is 269 g/mol. The summed E-state index contributed by atoms with van der Waals surface area (Å²) in [5, 5.41) is 12.5. The van der Waals surface area contributed by atoms with E-state index in [0.717, 1.165) is 5.56 Å². The van der Waals surface area contributed by atoms with E-state index in [4.69, 9.17) is 11.6 Å². The third-order valence-corrected chi connectivity index (χ3v) is 3.87. The van der Waals surface area contributed by atoms with Gasteiger partial charge in [0.2, 0.25) is 0 Å². The van der Waals surface area contributed by atoms with E-state index in [9.17, 15) is 14.3 Å². The van der Waals surface area contributed by atoms with E-state index >= 15 is 0 Å². The predicted molar refractivity (Wildman–Crippen MR) is 73.8 cm³/mol. The minimum Gasteiger partial charge on any atom is -0.481 e. The highest BCUT2D eigenvalue weighted by Crippen LogP contribution is 2.26. The summed E-state index contributed by atoms with van der Waals surface area (Å²) in [5.74, 6) is -1.24. The molecule has 1 aromatic rings. The van der Waals surface area contributed by atoms with Crippen molar-refractivity contribution < 1.29 is 14.3 Å². The Morgan fingerprint density at radius 1 is 1.42 bits per heavy atom. The first kappa shape index (κ1) is 15.9. The monoisotopic (exact) mass is 287 g/mol. The lowest BCUT2D eigenvalue weighted by Gasteiger charge is -2.27. The van der Waals surface area contributed by atoms with Crippen molar-refractivity contribution in [3.63, 3.8) is 0 Å². The van der Waals surface area contributed by atoms with Crippen molar-refractivity contribution in [2.24, 2.45) is 5.41 Å². The van der Waals surface area contributed by atoms with E-state index in [-0.39, 0.29) is 5.02 Å². The molecule has 19 heavy (non-hydrogen) atoms. The molecule has 0 unspecified atom stereocenters. The number of carbonyl (C=O) groups is 1.